The smallest absolute Gasteiger partial charge is 0.191 e. The van der Waals surface area contributed by atoms with Crippen LogP contribution in [0.25, 0.3) is 0 Å². The van der Waals surface area contributed by atoms with Gasteiger partial charge in [0.2, 0.25) is 0 Å². The molecule has 25 heavy (non-hydrogen) atoms. The predicted molar refractivity (Wildman–Crippen MR) is 100.0 cm³/mol. The van der Waals surface area contributed by atoms with Crippen LogP contribution in [0.1, 0.15) is 31.7 Å². The van der Waals surface area contributed by atoms with Gasteiger partial charge in [0.05, 0.1) is 19.8 Å². The van der Waals surface area contributed by atoms with Crippen molar-refractivity contribution in [2.45, 2.75) is 38.8 Å². The number of nitrogens with one attached hydrogen (secondary N) is 2. The van der Waals surface area contributed by atoms with E-state index in [0.29, 0.717) is 19.0 Å². The third-order valence-electron chi connectivity index (χ3n) is 4.19. The summed E-state index contributed by atoms with van der Waals surface area (Å²) in [6.45, 7) is 5.36. The highest BCUT2D eigenvalue weighted by Crippen LogP contribution is 2.32. The van der Waals surface area contributed by atoms with E-state index in [-0.39, 0.29) is 6.10 Å². The van der Waals surface area contributed by atoms with Crippen LogP contribution >= 0.6 is 0 Å². The molecule has 0 saturated heterocycles. The second-order valence-corrected chi connectivity index (χ2v) is 6.28. The lowest BCUT2D eigenvalue weighted by atomic mass is 10.2. The summed E-state index contributed by atoms with van der Waals surface area (Å²) in [5.74, 6) is 2.02. The maximum atomic E-state index is 10.0. The number of hydrogen-bond acceptors (Lipinski definition) is 4. The number of nitrogens with zero attached hydrogens (tertiary/aromatic N) is 1. The Morgan fingerprint density at radius 2 is 2.04 bits per heavy atom. The van der Waals surface area contributed by atoms with Gasteiger partial charge in [-0.05, 0) is 49.8 Å². The Morgan fingerprint density at radius 3 is 2.68 bits per heavy atom. The van der Waals surface area contributed by atoms with E-state index in [0.717, 1.165) is 56.3 Å². The van der Waals surface area contributed by atoms with Crippen molar-refractivity contribution in [3.63, 3.8) is 0 Å². The molecule has 2 rings (SSSR count). The van der Waals surface area contributed by atoms with E-state index in [9.17, 15) is 5.11 Å². The second-order valence-electron chi connectivity index (χ2n) is 6.28. The Hall–Kier alpha value is -1.79. The summed E-state index contributed by atoms with van der Waals surface area (Å²) in [6, 6.07) is 7.89. The molecule has 0 bridgehead atoms. The standard InChI is InChI=1S/C19H31N3O3/c1-3-25-12-4-11-20-19(22-14-18(23)16-7-8-16)21-13-15-5-9-17(24-2)10-6-15/h5-6,9-10,16,18,23H,3-4,7-8,11-14H2,1-2H3,(H2,20,21,22). The minimum absolute atomic E-state index is 0.295. The zero-order valence-electron chi connectivity index (χ0n) is 15.3. The fourth-order valence-electron chi connectivity index (χ4n) is 2.45. The molecule has 1 aromatic carbocycles. The number of rotatable bonds is 11. The molecule has 140 valence electrons. The molecule has 3 N–H and O–H groups in total. The van der Waals surface area contributed by atoms with Gasteiger partial charge in [-0.25, -0.2) is 4.99 Å². The molecule has 0 radical (unpaired) electrons. The summed E-state index contributed by atoms with van der Waals surface area (Å²) in [5.41, 5.74) is 1.11. The van der Waals surface area contributed by atoms with E-state index in [2.05, 4.69) is 15.6 Å². The molecule has 1 aliphatic carbocycles. The number of aliphatic hydroxyl groups is 1. The minimum Gasteiger partial charge on any atom is -0.497 e. The van der Waals surface area contributed by atoms with E-state index in [1.54, 1.807) is 7.11 Å². The Bertz CT molecular complexity index is 515. The molecular formula is C19H31N3O3. The number of benzene rings is 1. The summed E-state index contributed by atoms with van der Waals surface area (Å²) in [4.78, 5) is 4.62. The van der Waals surface area contributed by atoms with Gasteiger partial charge in [-0.2, -0.15) is 0 Å². The molecule has 6 nitrogen and oxygen atoms in total. The highest BCUT2D eigenvalue weighted by molar-refractivity contribution is 5.79. The summed E-state index contributed by atoms with van der Waals surface area (Å²) in [7, 11) is 1.66. The molecule has 6 heteroatoms. The lowest BCUT2D eigenvalue weighted by Gasteiger charge is -2.15. The van der Waals surface area contributed by atoms with Gasteiger partial charge >= 0.3 is 0 Å². The number of methoxy groups -OCH3 is 1. The maximum absolute atomic E-state index is 10.0. The maximum Gasteiger partial charge on any atom is 0.191 e. The van der Waals surface area contributed by atoms with Crippen molar-refractivity contribution in [3.8, 4) is 5.75 Å². The first-order valence-corrected chi connectivity index (χ1v) is 9.13. The fourth-order valence-corrected chi connectivity index (χ4v) is 2.45. The molecule has 1 unspecified atom stereocenters. The average Bonchev–Trinajstić information content (AvgIpc) is 3.48. The van der Waals surface area contributed by atoms with E-state index in [4.69, 9.17) is 9.47 Å². The van der Waals surface area contributed by atoms with E-state index >= 15 is 0 Å². The fraction of sp³-hybridized carbons (Fsp3) is 0.632. The van der Waals surface area contributed by atoms with E-state index in [1.165, 1.54) is 0 Å². The Balaban J connectivity index is 1.83. The van der Waals surface area contributed by atoms with Crippen LogP contribution in [0.3, 0.4) is 0 Å². The molecule has 0 heterocycles. The van der Waals surface area contributed by atoms with Crippen LogP contribution in [0.4, 0.5) is 0 Å². The van der Waals surface area contributed by atoms with E-state index in [1.807, 2.05) is 31.2 Å². The quantitative estimate of drug-likeness (QED) is 0.323. The number of ether oxygens (including phenoxy) is 2. The molecule has 1 aliphatic rings. The second kappa shape index (κ2) is 10.9. The normalized spacial score (nSPS) is 15.7. The average molecular weight is 349 g/mol. The summed E-state index contributed by atoms with van der Waals surface area (Å²) >= 11 is 0. The minimum atomic E-state index is -0.295. The van der Waals surface area contributed by atoms with Crippen LogP contribution in [0, 0.1) is 5.92 Å². The van der Waals surface area contributed by atoms with Gasteiger partial charge in [0, 0.05) is 26.3 Å². The first kappa shape index (κ1) is 19.5. The molecule has 1 saturated carbocycles. The third-order valence-corrected chi connectivity index (χ3v) is 4.19. The molecule has 1 fully saturated rings. The van der Waals surface area contributed by atoms with Crippen molar-refractivity contribution >= 4 is 5.96 Å². The predicted octanol–water partition coefficient (Wildman–Crippen LogP) is 1.93. The summed E-state index contributed by atoms with van der Waals surface area (Å²) in [6.07, 6.45) is 2.88. The lowest BCUT2D eigenvalue weighted by Crippen LogP contribution is -2.42. The topological polar surface area (TPSA) is 75.1 Å². The van der Waals surface area contributed by atoms with Crippen LogP contribution < -0.4 is 15.4 Å². The Morgan fingerprint density at radius 1 is 1.28 bits per heavy atom. The molecule has 0 amide bonds. The van der Waals surface area contributed by atoms with Gasteiger partial charge in [0.1, 0.15) is 5.75 Å². The van der Waals surface area contributed by atoms with Crippen molar-refractivity contribution in [2.75, 3.05) is 33.4 Å². The number of guanidine groups is 1. The first-order valence-electron chi connectivity index (χ1n) is 9.13. The van der Waals surface area contributed by atoms with Crippen molar-refractivity contribution in [1.29, 1.82) is 0 Å². The largest absolute Gasteiger partial charge is 0.497 e. The van der Waals surface area contributed by atoms with E-state index < -0.39 is 0 Å². The highest BCUT2D eigenvalue weighted by Gasteiger charge is 2.29. The first-order chi connectivity index (χ1) is 12.2. The molecule has 1 atom stereocenters. The summed E-state index contributed by atoms with van der Waals surface area (Å²) in [5, 5.41) is 16.6. The summed E-state index contributed by atoms with van der Waals surface area (Å²) < 4.78 is 10.5. The third kappa shape index (κ3) is 7.75. The van der Waals surface area contributed by atoms with Crippen LogP contribution in [-0.4, -0.2) is 50.6 Å². The van der Waals surface area contributed by atoms with Gasteiger partial charge in [0.25, 0.3) is 0 Å². The van der Waals surface area contributed by atoms with Gasteiger partial charge in [-0.1, -0.05) is 12.1 Å². The molecule has 1 aromatic rings. The molecular weight excluding hydrogens is 318 g/mol. The van der Waals surface area contributed by atoms with Crippen molar-refractivity contribution < 1.29 is 14.6 Å². The van der Waals surface area contributed by atoms with Crippen molar-refractivity contribution in [3.05, 3.63) is 29.8 Å². The monoisotopic (exact) mass is 349 g/mol. The Kier molecular flexibility index (Phi) is 8.55. The number of hydrogen-bond donors (Lipinski definition) is 3. The van der Waals surface area contributed by atoms with Crippen LogP contribution in [0.2, 0.25) is 0 Å². The van der Waals surface area contributed by atoms with Crippen molar-refractivity contribution in [1.82, 2.24) is 10.6 Å². The van der Waals surface area contributed by atoms with Gasteiger partial charge in [-0.3, -0.25) is 0 Å². The highest BCUT2D eigenvalue weighted by atomic mass is 16.5. The lowest BCUT2D eigenvalue weighted by molar-refractivity contribution is 0.145. The van der Waals surface area contributed by atoms with Crippen molar-refractivity contribution in [2.24, 2.45) is 10.9 Å². The molecule has 0 aliphatic heterocycles. The van der Waals surface area contributed by atoms with Crippen LogP contribution in [0.15, 0.2) is 29.3 Å². The molecule has 0 spiro atoms. The Labute approximate surface area is 150 Å². The zero-order chi connectivity index (χ0) is 17.9. The number of aliphatic hydroxyl groups excluding tert-OH is 1. The zero-order valence-corrected chi connectivity index (χ0v) is 15.3. The molecule has 0 aromatic heterocycles. The van der Waals surface area contributed by atoms with Crippen LogP contribution in [-0.2, 0) is 11.3 Å². The van der Waals surface area contributed by atoms with Crippen LogP contribution in [0.5, 0.6) is 5.75 Å². The van der Waals surface area contributed by atoms with Gasteiger partial charge < -0.3 is 25.2 Å². The number of aliphatic imine (C=N–C) groups is 1. The SMILES string of the molecule is CCOCCCNC(=NCc1ccc(OC)cc1)NCC(O)C1CC1. The van der Waals surface area contributed by atoms with Gasteiger partial charge in [-0.15, -0.1) is 0 Å². The van der Waals surface area contributed by atoms with Gasteiger partial charge in [0.15, 0.2) is 5.96 Å².